The van der Waals surface area contributed by atoms with E-state index in [0.29, 0.717) is 16.9 Å². The molecule has 1 fully saturated rings. The maximum Gasteiger partial charge on any atom is 0.352 e. The predicted molar refractivity (Wildman–Crippen MR) is 124 cm³/mol. The van der Waals surface area contributed by atoms with Crippen molar-refractivity contribution in [3.63, 3.8) is 0 Å². The summed E-state index contributed by atoms with van der Waals surface area (Å²) in [4.78, 5) is 37.4. The summed E-state index contributed by atoms with van der Waals surface area (Å²) in [6.45, 7) is 1.77. The number of amides is 1. The largest absolute Gasteiger partial charge is 0.352 e. The zero-order valence-electron chi connectivity index (χ0n) is 16.6. The third-order valence-corrected chi connectivity index (χ3v) is 6.82. The first-order chi connectivity index (χ1) is 15.1. The summed E-state index contributed by atoms with van der Waals surface area (Å²) >= 11 is 4.88. The van der Waals surface area contributed by atoms with Gasteiger partial charge in [0.05, 0.1) is 0 Å². The highest BCUT2D eigenvalue weighted by Crippen LogP contribution is 2.30. The van der Waals surface area contributed by atoms with Gasteiger partial charge in [-0.15, -0.1) is 5.10 Å². The van der Waals surface area contributed by atoms with Crippen molar-refractivity contribution in [2.45, 2.75) is 32.2 Å². The van der Waals surface area contributed by atoms with E-state index in [-0.39, 0.29) is 12.5 Å². The molecule has 11 heteroatoms. The fourth-order valence-corrected chi connectivity index (χ4v) is 4.92. The molecule has 1 amide bonds. The summed E-state index contributed by atoms with van der Waals surface area (Å²) in [7, 11) is 0. The smallest absolute Gasteiger partial charge is 0.348 e. The number of aromatic nitrogens is 5. The number of nitrogens with zero attached hydrogens (tertiary/aromatic N) is 6. The molecule has 160 valence electrons. The van der Waals surface area contributed by atoms with Gasteiger partial charge in [-0.1, -0.05) is 40.1 Å². The van der Waals surface area contributed by atoms with E-state index in [9.17, 15) is 9.59 Å². The number of hydrogen-bond acceptors (Lipinski definition) is 7. The minimum atomic E-state index is -0.417. The third kappa shape index (κ3) is 4.07. The van der Waals surface area contributed by atoms with Crippen LogP contribution >= 0.6 is 27.3 Å². The molecule has 4 heterocycles. The van der Waals surface area contributed by atoms with Gasteiger partial charge in [0, 0.05) is 23.2 Å². The highest BCUT2D eigenvalue weighted by molar-refractivity contribution is 9.10. The molecule has 5 rings (SSSR count). The van der Waals surface area contributed by atoms with Crippen LogP contribution < -0.4 is 15.9 Å². The predicted octanol–water partition coefficient (Wildman–Crippen LogP) is 3.28. The van der Waals surface area contributed by atoms with Gasteiger partial charge in [0.25, 0.3) is 0 Å². The van der Waals surface area contributed by atoms with Gasteiger partial charge in [0.1, 0.15) is 18.4 Å². The van der Waals surface area contributed by atoms with Crippen molar-refractivity contribution in [2.24, 2.45) is 0 Å². The van der Waals surface area contributed by atoms with Crippen LogP contribution in [0.3, 0.4) is 0 Å². The molecule has 1 N–H and O–H groups in total. The van der Waals surface area contributed by atoms with Gasteiger partial charge >= 0.3 is 5.69 Å². The van der Waals surface area contributed by atoms with Crippen LogP contribution in [0.25, 0.3) is 16.0 Å². The third-order valence-electron chi connectivity index (χ3n) is 5.27. The van der Waals surface area contributed by atoms with Crippen LogP contribution in [0.15, 0.2) is 39.9 Å². The summed E-state index contributed by atoms with van der Waals surface area (Å²) in [5.74, 6) is -0.333. The van der Waals surface area contributed by atoms with E-state index >= 15 is 0 Å². The first kappa shape index (κ1) is 20.1. The molecule has 4 aromatic rings. The number of hydrogen-bond donors (Lipinski definition) is 1. The minimum absolute atomic E-state index is 0.193. The molecule has 0 aliphatic carbocycles. The van der Waals surface area contributed by atoms with Gasteiger partial charge in [-0.25, -0.2) is 23.8 Å². The van der Waals surface area contributed by atoms with E-state index in [1.54, 1.807) is 12.1 Å². The Bertz CT molecular complexity index is 1300. The zero-order valence-corrected chi connectivity index (χ0v) is 19.0. The van der Waals surface area contributed by atoms with Crippen molar-refractivity contribution in [3.8, 4) is 0 Å². The van der Waals surface area contributed by atoms with Crippen molar-refractivity contribution >= 4 is 60.0 Å². The molecule has 31 heavy (non-hydrogen) atoms. The molecule has 1 aliphatic rings. The van der Waals surface area contributed by atoms with Gasteiger partial charge in [0.15, 0.2) is 15.6 Å². The van der Waals surface area contributed by atoms with E-state index in [1.165, 1.54) is 34.9 Å². The average molecular weight is 502 g/mol. The quantitative estimate of drug-likeness (QED) is 0.460. The van der Waals surface area contributed by atoms with Crippen molar-refractivity contribution in [1.82, 2.24) is 24.1 Å². The monoisotopic (exact) mass is 501 g/mol. The number of fused-ring (bicyclic) bond motifs is 3. The number of carbonyl (C=O) groups is 1. The van der Waals surface area contributed by atoms with Gasteiger partial charge < -0.3 is 10.2 Å². The second-order valence-electron chi connectivity index (χ2n) is 7.48. The molecule has 0 spiro atoms. The Morgan fingerprint density at radius 1 is 1.13 bits per heavy atom. The number of halogens is 1. The minimum Gasteiger partial charge on any atom is -0.348 e. The van der Waals surface area contributed by atoms with Gasteiger partial charge in [-0.3, -0.25) is 4.79 Å². The molecular formula is C20H20BrN7O2S. The lowest BCUT2D eigenvalue weighted by atomic mass is 10.2. The second-order valence-corrected chi connectivity index (χ2v) is 9.36. The summed E-state index contributed by atoms with van der Waals surface area (Å²) in [6.07, 6.45) is 6.25. The standard InChI is InChI=1S/C20H20BrN7O2S/c21-13-5-7-14(8-6-13)23-15(29)11-28-20(30)27-12-22-18-16(17(27)25-28)24-19(31-18)26-9-3-1-2-4-10-26/h5-8,12H,1-4,9-11H2,(H,23,29). The fourth-order valence-electron chi connectivity index (χ4n) is 3.70. The van der Waals surface area contributed by atoms with Crippen molar-refractivity contribution in [1.29, 1.82) is 0 Å². The van der Waals surface area contributed by atoms with E-state index < -0.39 is 5.69 Å². The number of carbonyl (C=O) groups excluding carboxylic acids is 1. The van der Waals surface area contributed by atoms with Crippen LogP contribution in [0.1, 0.15) is 25.7 Å². The maximum absolute atomic E-state index is 12.8. The van der Waals surface area contributed by atoms with Crippen molar-refractivity contribution in [3.05, 3.63) is 45.5 Å². The Kier molecular flexibility index (Phi) is 5.45. The molecule has 1 aliphatic heterocycles. The average Bonchev–Trinajstić information content (AvgIpc) is 3.20. The van der Waals surface area contributed by atoms with Crippen LogP contribution in [0.5, 0.6) is 0 Å². The van der Waals surface area contributed by atoms with Crippen LogP contribution in [0.2, 0.25) is 0 Å². The lowest BCUT2D eigenvalue weighted by Crippen LogP contribution is -2.28. The highest BCUT2D eigenvalue weighted by Gasteiger charge is 2.19. The summed E-state index contributed by atoms with van der Waals surface area (Å²) in [5, 5.41) is 8.08. The maximum atomic E-state index is 12.8. The Morgan fingerprint density at radius 2 is 1.87 bits per heavy atom. The molecule has 0 atom stereocenters. The molecule has 0 unspecified atom stereocenters. The van der Waals surface area contributed by atoms with Crippen LogP contribution in [0.4, 0.5) is 10.8 Å². The van der Waals surface area contributed by atoms with Gasteiger partial charge in [0.2, 0.25) is 5.91 Å². The van der Waals surface area contributed by atoms with E-state index in [0.717, 1.165) is 45.0 Å². The van der Waals surface area contributed by atoms with E-state index in [1.807, 2.05) is 12.1 Å². The molecule has 0 saturated carbocycles. The Hall–Kier alpha value is -2.79. The molecule has 9 nitrogen and oxygen atoms in total. The molecule has 0 radical (unpaired) electrons. The molecule has 1 aromatic carbocycles. The molecule has 3 aromatic heterocycles. The summed E-state index contributed by atoms with van der Waals surface area (Å²) in [6, 6.07) is 7.22. The first-order valence-electron chi connectivity index (χ1n) is 10.1. The number of rotatable bonds is 4. The highest BCUT2D eigenvalue weighted by atomic mass is 79.9. The van der Waals surface area contributed by atoms with Crippen LogP contribution in [-0.4, -0.2) is 43.1 Å². The normalized spacial score (nSPS) is 14.8. The summed E-state index contributed by atoms with van der Waals surface area (Å²) in [5.41, 5.74) is 1.25. The topological polar surface area (TPSA) is 97.4 Å². The van der Waals surface area contributed by atoms with Crippen LogP contribution in [0, 0.1) is 0 Å². The first-order valence-corrected chi connectivity index (χ1v) is 11.7. The molecular weight excluding hydrogens is 482 g/mol. The SMILES string of the molecule is O=C(Cn1nc2c3nc(N4CCCCCC4)sc3ncn2c1=O)Nc1ccc(Br)cc1. The fraction of sp³-hybridized carbons (Fsp3) is 0.350. The second kappa shape index (κ2) is 8.39. The van der Waals surface area contributed by atoms with Gasteiger partial charge in [-0.05, 0) is 37.1 Å². The van der Waals surface area contributed by atoms with E-state index in [4.69, 9.17) is 4.98 Å². The number of nitrogens with one attached hydrogen (secondary N) is 1. The lowest BCUT2D eigenvalue weighted by Gasteiger charge is -2.18. The Labute approximate surface area is 189 Å². The summed E-state index contributed by atoms with van der Waals surface area (Å²) < 4.78 is 3.41. The number of anilines is 2. The van der Waals surface area contributed by atoms with Crippen molar-refractivity contribution < 1.29 is 4.79 Å². The molecule has 1 saturated heterocycles. The number of thiazole rings is 1. The Morgan fingerprint density at radius 3 is 2.61 bits per heavy atom. The van der Waals surface area contributed by atoms with Crippen LogP contribution in [-0.2, 0) is 11.3 Å². The lowest BCUT2D eigenvalue weighted by molar-refractivity contribution is -0.117. The van der Waals surface area contributed by atoms with Crippen molar-refractivity contribution in [2.75, 3.05) is 23.3 Å². The van der Waals surface area contributed by atoms with E-state index in [2.05, 4.69) is 36.2 Å². The molecule has 0 bridgehead atoms. The number of benzene rings is 1. The zero-order chi connectivity index (χ0) is 21.4. The van der Waals surface area contributed by atoms with Gasteiger partial charge in [-0.2, -0.15) is 0 Å². The Balaban J connectivity index is 1.43.